The van der Waals surface area contributed by atoms with Crippen molar-refractivity contribution in [3.63, 3.8) is 0 Å². The molecule has 188 valence electrons. The molecule has 2 aromatic heterocycles. The van der Waals surface area contributed by atoms with Crippen molar-refractivity contribution in [3.8, 4) is 16.8 Å². The van der Waals surface area contributed by atoms with E-state index in [0.29, 0.717) is 0 Å². The zero-order valence-corrected chi connectivity index (χ0v) is 22.7. The van der Waals surface area contributed by atoms with E-state index in [-0.39, 0.29) is 0 Å². The monoisotopic (exact) mass is 527 g/mol. The molecule has 0 radical (unpaired) electrons. The fourth-order valence-corrected chi connectivity index (χ4v) is 7.75. The predicted molar refractivity (Wildman–Crippen MR) is 177 cm³/mol. The minimum absolute atomic E-state index is 1.07. The maximum absolute atomic E-state index is 4.27. The third kappa shape index (κ3) is 3.14. The lowest BCUT2D eigenvalue weighted by atomic mass is 9.98. The van der Waals surface area contributed by atoms with Crippen molar-refractivity contribution < 1.29 is 0 Å². The highest BCUT2D eigenvalue weighted by atomic mass is 32.1. The average Bonchev–Trinajstić information content (AvgIpc) is 3.58. The van der Waals surface area contributed by atoms with Crippen molar-refractivity contribution in [2.75, 3.05) is 0 Å². The van der Waals surface area contributed by atoms with Crippen LogP contribution < -0.4 is 0 Å². The van der Waals surface area contributed by atoms with Crippen molar-refractivity contribution in [2.24, 2.45) is 0 Å². The van der Waals surface area contributed by atoms with E-state index in [9.17, 15) is 0 Å². The predicted octanol–water partition coefficient (Wildman–Crippen LogP) is 11.3. The van der Waals surface area contributed by atoms with Crippen molar-refractivity contribution in [3.05, 3.63) is 140 Å². The van der Waals surface area contributed by atoms with Gasteiger partial charge in [0.1, 0.15) is 0 Å². The van der Waals surface area contributed by atoms with E-state index in [1.165, 1.54) is 63.7 Å². The molecule has 1 nitrogen and oxygen atoms in total. The molecule has 2 heteroatoms. The molecule has 8 rings (SSSR count). The van der Waals surface area contributed by atoms with E-state index in [4.69, 9.17) is 0 Å². The maximum atomic E-state index is 4.27. The van der Waals surface area contributed by atoms with Gasteiger partial charge in [-0.1, -0.05) is 122 Å². The second-order valence-electron chi connectivity index (χ2n) is 10.2. The van der Waals surface area contributed by atoms with Crippen molar-refractivity contribution in [1.82, 2.24) is 4.57 Å². The number of thiophene rings is 1. The normalized spacial score (nSPS) is 11.7. The van der Waals surface area contributed by atoms with Gasteiger partial charge in [0.2, 0.25) is 0 Å². The van der Waals surface area contributed by atoms with Crippen LogP contribution in [0.4, 0.5) is 0 Å². The minimum Gasteiger partial charge on any atom is -0.309 e. The first kappa shape index (κ1) is 23.0. The summed E-state index contributed by atoms with van der Waals surface area (Å²) in [6, 6.07) is 41.5. The van der Waals surface area contributed by atoms with Crippen LogP contribution in [0, 0.1) is 0 Å². The Balaban J connectivity index is 1.57. The highest BCUT2D eigenvalue weighted by molar-refractivity contribution is 7.27. The molecule has 0 unspecified atom stereocenters. The smallest absolute Gasteiger partial charge is 0.0640 e. The zero-order chi connectivity index (χ0) is 26.8. The van der Waals surface area contributed by atoms with Gasteiger partial charge in [0.15, 0.2) is 0 Å². The second kappa shape index (κ2) is 8.81. The highest BCUT2D eigenvalue weighted by Gasteiger charge is 2.23. The Bertz CT molecular complexity index is 2280. The molecule has 0 amide bonds. The average molecular weight is 528 g/mol. The number of benzene rings is 6. The molecule has 8 aromatic rings. The molecule has 0 saturated heterocycles. The number of fused-ring (bicyclic) bond motifs is 10. The Morgan fingerprint density at radius 1 is 0.525 bits per heavy atom. The van der Waals surface area contributed by atoms with Crippen LogP contribution >= 0.6 is 11.3 Å². The van der Waals surface area contributed by atoms with Crippen molar-refractivity contribution >= 4 is 76.1 Å². The molecule has 0 aliphatic heterocycles. The van der Waals surface area contributed by atoms with Crippen molar-refractivity contribution in [1.29, 1.82) is 0 Å². The molecule has 0 N–H and O–H groups in total. The van der Waals surface area contributed by atoms with E-state index in [1.54, 1.807) is 0 Å². The van der Waals surface area contributed by atoms with Crippen LogP contribution in [-0.4, -0.2) is 4.57 Å². The summed E-state index contributed by atoms with van der Waals surface area (Å²) in [5.41, 5.74) is 6.93. The summed E-state index contributed by atoms with van der Waals surface area (Å²) in [7, 11) is 0. The lowest BCUT2D eigenvalue weighted by molar-refractivity contribution is 1.11. The second-order valence-corrected chi connectivity index (χ2v) is 11.2. The molecule has 2 heterocycles. The van der Waals surface area contributed by atoms with Crippen LogP contribution in [0.3, 0.4) is 0 Å². The van der Waals surface area contributed by atoms with Crippen LogP contribution in [0.15, 0.2) is 128 Å². The first-order valence-corrected chi connectivity index (χ1v) is 14.3. The molecular weight excluding hydrogens is 502 g/mol. The lowest BCUT2D eigenvalue weighted by Gasteiger charge is -2.12. The van der Waals surface area contributed by atoms with Crippen LogP contribution in [0.2, 0.25) is 0 Å². The molecule has 0 aliphatic rings. The Hall–Kier alpha value is -4.92. The molecule has 0 saturated carbocycles. The lowest BCUT2D eigenvalue weighted by Crippen LogP contribution is -1.97. The largest absolute Gasteiger partial charge is 0.309 e. The van der Waals surface area contributed by atoms with Crippen LogP contribution in [0.1, 0.15) is 11.3 Å². The van der Waals surface area contributed by atoms with Gasteiger partial charge in [0.05, 0.1) is 11.2 Å². The molecular formula is C38H25NS. The number of aromatic nitrogens is 1. The van der Waals surface area contributed by atoms with Gasteiger partial charge >= 0.3 is 0 Å². The number of hydrogen-bond acceptors (Lipinski definition) is 1. The molecule has 6 aromatic carbocycles. The van der Waals surface area contributed by atoms with E-state index in [1.807, 2.05) is 23.5 Å². The molecule has 0 aliphatic carbocycles. The molecule has 40 heavy (non-hydrogen) atoms. The maximum Gasteiger partial charge on any atom is 0.0640 e. The van der Waals surface area contributed by atoms with Gasteiger partial charge < -0.3 is 4.57 Å². The van der Waals surface area contributed by atoms with Gasteiger partial charge in [-0.15, -0.1) is 11.3 Å². The number of nitrogens with zero attached hydrogens (tertiary/aromatic N) is 1. The van der Waals surface area contributed by atoms with E-state index < -0.39 is 0 Å². The zero-order valence-electron chi connectivity index (χ0n) is 21.9. The van der Waals surface area contributed by atoms with Gasteiger partial charge in [-0.3, -0.25) is 0 Å². The third-order valence-corrected chi connectivity index (χ3v) is 9.41. The Morgan fingerprint density at radius 3 is 1.95 bits per heavy atom. The summed E-state index contributed by atoms with van der Waals surface area (Å²) in [5, 5.41) is 8.92. The Labute approximate surface area is 236 Å². The topological polar surface area (TPSA) is 4.93 Å². The van der Waals surface area contributed by atoms with Crippen LogP contribution in [0.25, 0.3) is 81.6 Å². The molecule has 0 spiro atoms. The number of hydrogen-bond donors (Lipinski definition) is 0. The SMILES string of the molecule is C=Cc1c(C=C)n(-c2ccc(-c3ccccc3)cc2)c2c1c1ccccc1c1sc3c4ccccc4ccc3c12. The Morgan fingerprint density at radius 2 is 1.20 bits per heavy atom. The fourth-order valence-electron chi connectivity index (χ4n) is 6.38. The minimum atomic E-state index is 1.07. The third-order valence-electron chi connectivity index (χ3n) is 8.13. The van der Waals surface area contributed by atoms with Gasteiger partial charge in [-0.05, 0) is 45.5 Å². The fraction of sp³-hybridized carbons (Fsp3) is 0. The summed E-state index contributed by atoms with van der Waals surface area (Å²) in [6.45, 7) is 8.54. The van der Waals surface area contributed by atoms with E-state index in [0.717, 1.165) is 16.9 Å². The number of rotatable bonds is 4. The first-order valence-electron chi connectivity index (χ1n) is 13.5. The van der Waals surface area contributed by atoms with E-state index >= 15 is 0 Å². The van der Waals surface area contributed by atoms with Gasteiger partial charge in [-0.25, -0.2) is 0 Å². The quantitative estimate of drug-likeness (QED) is 0.214. The summed E-state index contributed by atoms with van der Waals surface area (Å²) >= 11 is 1.90. The van der Waals surface area contributed by atoms with Gasteiger partial charge in [0.25, 0.3) is 0 Å². The van der Waals surface area contributed by atoms with Gasteiger partial charge in [-0.2, -0.15) is 0 Å². The molecule has 0 fully saturated rings. The van der Waals surface area contributed by atoms with Gasteiger partial charge in [0, 0.05) is 42.2 Å². The Kier molecular flexibility index (Phi) is 5.07. The summed E-state index contributed by atoms with van der Waals surface area (Å²) in [6.07, 6.45) is 3.98. The van der Waals surface area contributed by atoms with E-state index in [2.05, 4.69) is 133 Å². The summed E-state index contributed by atoms with van der Waals surface area (Å²) in [5.74, 6) is 0. The molecule has 0 atom stereocenters. The first-order chi connectivity index (χ1) is 19.8. The molecule has 0 bridgehead atoms. The van der Waals surface area contributed by atoms with Crippen LogP contribution in [0.5, 0.6) is 0 Å². The van der Waals surface area contributed by atoms with Crippen molar-refractivity contribution in [2.45, 2.75) is 0 Å². The highest BCUT2D eigenvalue weighted by Crippen LogP contribution is 2.49. The summed E-state index contributed by atoms with van der Waals surface area (Å²) < 4.78 is 5.04. The summed E-state index contributed by atoms with van der Waals surface area (Å²) in [4.78, 5) is 0. The van der Waals surface area contributed by atoms with Crippen LogP contribution in [-0.2, 0) is 0 Å². The standard InChI is InChI=1S/C38H25NS/c1-3-28-33(4-2)39(27-21-18-25(19-22-27)24-12-6-5-7-13-24)36-34(28)30-16-10-11-17-31(30)38-35(36)32-23-20-26-14-8-9-15-29(26)37(32)40-38/h3-23H,1-2H2.